The number of carbonyl (C=O) groups is 1. The summed E-state index contributed by atoms with van der Waals surface area (Å²) in [7, 11) is -0.745. The molecule has 8 nitrogen and oxygen atoms in total. The SMILES string of the molecule is CCCCN(CC(=O)N(CCc1c[nH]c2ccccc12)Cc1ccc(OC)cc1)S(=O)(=O)c1ccc(OC)cc1. The molecule has 0 fully saturated rings. The Bertz CT molecular complexity index is 1500. The van der Waals surface area contributed by atoms with Gasteiger partial charge in [0.2, 0.25) is 15.9 Å². The highest BCUT2D eigenvalue weighted by atomic mass is 32.2. The van der Waals surface area contributed by atoms with Gasteiger partial charge in [-0.3, -0.25) is 4.79 Å². The van der Waals surface area contributed by atoms with Crippen molar-refractivity contribution in [2.75, 3.05) is 33.9 Å². The number of hydrogen-bond acceptors (Lipinski definition) is 5. The number of sulfonamides is 1. The van der Waals surface area contributed by atoms with Crippen LogP contribution in [0, 0.1) is 0 Å². The van der Waals surface area contributed by atoms with Crippen LogP contribution in [-0.2, 0) is 27.8 Å². The van der Waals surface area contributed by atoms with Crippen molar-refractivity contribution < 1.29 is 22.7 Å². The number of para-hydroxylation sites is 1. The molecule has 0 saturated carbocycles. The zero-order valence-electron chi connectivity index (χ0n) is 23.3. The standard InChI is InChI=1S/C31H37N3O5S/c1-4-5-19-34(40(36,37)28-16-14-27(39-3)15-17-28)23-31(35)33(22-24-10-12-26(38-2)13-11-24)20-18-25-21-32-30-9-7-6-8-29(25)30/h6-17,21,32H,4-5,18-20,22-23H2,1-3H3. The predicted octanol–water partition coefficient (Wildman–Crippen LogP) is 5.25. The molecule has 0 atom stereocenters. The van der Waals surface area contributed by atoms with Crippen LogP contribution < -0.4 is 9.47 Å². The van der Waals surface area contributed by atoms with E-state index in [9.17, 15) is 13.2 Å². The Morgan fingerprint density at radius 1 is 0.875 bits per heavy atom. The number of methoxy groups -OCH3 is 2. The average molecular weight is 564 g/mol. The first-order valence-electron chi connectivity index (χ1n) is 13.5. The third-order valence-corrected chi connectivity index (χ3v) is 8.84. The Morgan fingerprint density at radius 3 is 2.17 bits per heavy atom. The summed E-state index contributed by atoms with van der Waals surface area (Å²) < 4.78 is 39.0. The largest absolute Gasteiger partial charge is 0.497 e. The fourth-order valence-corrected chi connectivity index (χ4v) is 6.03. The molecule has 1 heterocycles. The number of benzene rings is 3. The lowest BCUT2D eigenvalue weighted by Crippen LogP contribution is -2.43. The minimum Gasteiger partial charge on any atom is -0.497 e. The van der Waals surface area contributed by atoms with E-state index in [0.29, 0.717) is 31.7 Å². The number of hydrogen-bond donors (Lipinski definition) is 1. The van der Waals surface area contributed by atoms with Gasteiger partial charge in [-0.2, -0.15) is 4.31 Å². The van der Waals surface area contributed by atoms with Gasteiger partial charge in [0.1, 0.15) is 11.5 Å². The van der Waals surface area contributed by atoms with Gasteiger partial charge in [0.15, 0.2) is 0 Å². The molecule has 40 heavy (non-hydrogen) atoms. The highest BCUT2D eigenvalue weighted by Crippen LogP contribution is 2.22. The summed E-state index contributed by atoms with van der Waals surface area (Å²) in [6, 6.07) is 21.9. The molecule has 0 aliphatic heterocycles. The minimum absolute atomic E-state index is 0.137. The lowest BCUT2D eigenvalue weighted by Gasteiger charge is -2.27. The number of ether oxygens (including phenoxy) is 2. The molecular weight excluding hydrogens is 526 g/mol. The number of H-pyrrole nitrogens is 1. The number of unbranched alkanes of at least 4 members (excludes halogenated alkanes) is 1. The lowest BCUT2D eigenvalue weighted by atomic mass is 10.1. The van der Waals surface area contributed by atoms with Crippen LogP contribution in [0.2, 0.25) is 0 Å². The van der Waals surface area contributed by atoms with E-state index in [4.69, 9.17) is 9.47 Å². The molecule has 0 radical (unpaired) electrons. The molecule has 3 aromatic carbocycles. The number of nitrogens with zero attached hydrogens (tertiary/aromatic N) is 2. The molecule has 0 unspecified atom stereocenters. The number of aromatic nitrogens is 1. The van der Waals surface area contributed by atoms with Crippen LogP contribution in [0.4, 0.5) is 0 Å². The van der Waals surface area contributed by atoms with Gasteiger partial charge in [-0.1, -0.05) is 43.7 Å². The second-order valence-corrected chi connectivity index (χ2v) is 11.6. The van der Waals surface area contributed by atoms with Gasteiger partial charge < -0.3 is 19.4 Å². The van der Waals surface area contributed by atoms with Crippen molar-refractivity contribution in [2.45, 2.75) is 37.6 Å². The van der Waals surface area contributed by atoms with E-state index in [1.165, 1.54) is 23.5 Å². The fourth-order valence-electron chi connectivity index (χ4n) is 4.60. The van der Waals surface area contributed by atoms with Gasteiger partial charge in [0.25, 0.3) is 0 Å². The molecule has 1 aromatic heterocycles. The predicted molar refractivity (Wildman–Crippen MR) is 157 cm³/mol. The minimum atomic E-state index is -3.89. The number of nitrogens with one attached hydrogen (secondary N) is 1. The highest BCUT2D eigenvalue weighted by Gasteiger charge is 2.28. The van der Waals surface area contributed by atoms with Crippen molar-refractivity contribution in [3.05, 3.63) is 90.1 Å². The van der Waals surface area contributed by atoms with E-state index in [-0.39, 0.29) is 23.9 Å². The monoisotopic (exact) mass is 563 g/mol. The molecule has 1 amide bonds. The molecule has 0 aliphatic carbocycles. The molecule has 0 spiro atoms. The van der Waals surface area contributed by atoms with E-state index in [2.05, 4.69) is 11.1 Å². The Hall–Kier alpha value is -3.82. The van der Waals surface area contributed by atoms with E-state index in [1.807, 2.05) is 55.6 Å². The van der Waals surface area contributed by atoms with Crippen molar-refractivity contribution in [3.63, 3.8) is 0 Å². The smallest absolute Gasteiger partial charge is 0.243 e. The van der Waals surface area contributed by atoms with Crippen molar-refractivity contribution in [1.82, 2.24) is 14.2 Å². The Labute approximate surface area is 236 Å². The van der Waals surface area contributed by atoms with E-state index >= 15 is 0 Å². The van der Waals surface area contributed by atoms with Crippen molar-refractivity contribution in [1.29, 1.82) is 0 Å². The lowest BCUT2D eigenvalue weighted by molar-refractivity contribution is -0.132. The summed E-state index contributed by atoms with van der Waals surface area (Å²) in [6.45, 7) is 2.82. The summed E-state index contributed by atoms with van der Waals surface area (Å²) in [5.74, 6) is 1.05. The Morgan fingerprint density at radius 2 is 1.52 bits per heavy atom. The molecule has 4 rings (SSSR count). The number of aromatic amines is 1. The normalized spacial score (nSPS) is 11.6. The third-order valence-electron chi connectivity index (χ3n) is 6.98. The number of carbonyl (C=O) groups excluding carboxylic acids is 1. The van der Waals surface area contributed by atoms with E-state index < -0.39 is 10.0 Å². The maximum absolute atomic E-state index is 13.8. The van der Waals surface area contributed by atoms with Gasteiger partial charge in [-0.25, -0.2) is 8.42 Å². The van der Waals surface area contributed by atoms with Crippen molar-refractivity contribution in [3.8, 4) is 11.5 Å². The molecule has 4 aromatic rings. The van der Waals surface area contributed by atoms with Gasteiger partial charge in [0, 0.05) is 36.7 Å². The summed E-state index contributed by atoms with van der Waals surface area (Å²) in [5, 5.41) is 1.12. The first-order valence-corrected chi connectivity index (χ1v) is 14.9. The van der Waals surface area contributed by atoms with E-state index in [1.54, 1.807) is 24.1 Å². The van der Waals surface area contributed by atoms with Crippen molar-refractivity contribution in [2.24, 2.45) is 0 Å². The third kappa shape index (κ3) is 7.03. The molecule has 212 valence electrons. The molecule has 0 saturated heterocycles. The molecule has 1 N–H and O–H groups in total. The highest BCUT2D eigenvalue weighted by molar-refractivity contribution is 7.89. The summed E-state index contributed by atoms with van der Waals surface area (Å²) in [6.07, 6.45) is 4.06. The van der Waals surface area contributed by atoms with Gasteiger partial charge in [-0.05, 0) is 66.4 Å². The second-order valence-electron chi connectivity index (χ2n) is 9.64. The first-order chi connectivity index (χ1) is 19.3. The maximum Gasteiger partial charge on any atom is 0.243 e. The van der Waals surface area contributed by atoms with Crippen LogP contribution >= 0.6 is 0 Å². The Balaban J connectivity index is 1.58. The molecule has 0 bridgehead atoms. The Kier molecular flexibility index (Phi) is 9.84. The second kappa shape index (κ2) is 13.5. The quantitative estimate of drug-likeness (QED) is 0.226. The van der Waals surface area contributed by atoms with Crippen LogP contribution in [0.15, 0.2) is 83.9 Å². The fraction of sp³-hybridized carbons (Fsp3) is 0.323. The maximum atomic E-state index is 13.8. The van der Waals surface area contributed by atoms with Crippen LogP contribution in [0.1, 0.15) is 30.9 Å². The van der Waals surface area contributed by atoms with Gasteiger partial charge in [-0.15, -0.1) is 0 Å². The van der Waals surface area contributed by atoms with Crippen LogP contribution in [0.5, 0.6) is 11.5 Å². The first kappa shape index (κ1) is 29.2. The number of amides is 1. The van der Waals surface area contributed by atoms with Crippen molar-refractivity contribution >= 4 is 26.8 Å². The number of rotatable bonds is 14. The summed E-state index contributed by atoms with van der Waals surface area (Å²) in [5.41, 5.74) is 3.09. The zero-order chi connectivity index (χ0) is 28.5. The summed E-state index contributed by atoms with van der Waals surface area (Å²) in [4.78, 5) is 19.0. The van der Waals surface area contributed by atoms with E-state index in [0.717, 1.165) is 34.2 Å². The molecule has 0 aliphatic rings. The van der Waals surface area contributed by atoms with Crippen LogP contribution in [0.25, 0.3) is 10.9 Å². The zero-order valence-corrected chi connectivity index (χ0v) is 24.1. The molecular formula is C31H37N3O5S. The topological polar surface area (TPSA) is 91.9 Å². The van der Waals surface area contributed by atoms with Gasteiger partial charge in [0.05, 0.1) is 25.7 Å². The van der Waals surface area contributed by atoms with Crippen LogP contribution in [-0.4, -0.2) is 62.4 Å². The van der Waals surface area contributed by atoms with Crippen LogP contribution in [0.3, 0.4) is 0 Å². The average Bonchev–Trinajstić information content (AvgIpc) is 3.40. The molecule has 9 heteroatoms. The number of fused-ring (bicyclic) bond motifs is 1. The summed E-state index contributed by atoms with van der Waals surface area (Å²) >= 11 is 0. The van der Waals surface area contributed by atoms with Gasteiger partial charge >= 0.3 is 0 Å².